The van der Waals surface area contributed by atoms with Gasteiger partial charge in [-0.2, -0.15) is 0 Å². The van der Waals surface area contributed by atoms with Gasteiger partial charge in [-0.3, -0.25) is 0 Å². The third-order valence-electron chi connectivity index (χ3n) is 2.91. The first-order chi connectivity index (χ1) is 11.6. The van der Waals surface area contributed by atoms with Crippen LogP contribution in [0.1, 0.15) is 26.7 Å². The molecule has 6 nitrogen and oxygen atoms in total. The van der Waals surface area contributed by atoms with Crippen LogP contribution in [0.5, 0.6) is 0 Å². The Morgan fingerprint density at radius 3 is 1.46 bits per heavy atom. The van der Waals surface area contributed by atoms with Crippen molar-refractivity contribution >= 4 is 69.1 Å². The molecule has 0 N–H and O–H groups in total. The SMILES string of the molecule is CCCSc1nc(Cl)c2nc3nc(SCCC)nc(Cl)c3nc2n1. The molecule has 0 unspecified atom stereocenters. The van der Waals surface area contributed by atoms with Crippen molar-refractivity contribution in [1.29, 1.82) is 0 Å². The zero-order chi connectivity index (χ0) is 17.1. The van der Waals surface area contributed by atoms with Gasteiger partial charge in [-0.15, -0.1) is 0 Å². The quantitative estimate of drug-likeness (QED) is 0.255. The van der Waals surface area contributed by atoms with Crippen molar-refractivity contribution in [3.8, 4) is 0 Å². The molecule has 0 saturated heterocycles. The van der Waals surface area contributed by atoms with E-state index < -0.39 is 0 Å². The largest absolute Gasteiger partial charge is 0.220 e. The molecule has 10 heteroatoms. The van der Waals surface area contributed by atoms with Gasteiger partial charge < -0.3 is 0 Å². The minimum absolute atomic E-state index is 0.269. The second-order valence-corrected chi connectivity index (χ2v) is 7.70. The molecule has 3 rings (SSSR count). The van der Waals surface area contributed by atoms with Crippen LogP contribution in [-0.2, 0) is 0 Å². The van der Waals surface area contributed by atoms with E-state index in [1.54, 1.807) is 0 Å². The fourth-order valence-electron chi connectivity index (χ4n) is 1.87. The summed E-state index contributed by atoms with van der Waals surface area (Å²) in [6.45, 7) is 4.18. The Labute approximate surface area is 157 Å². The molecule has 0 radical (unpaired) electrons. The number of thioether (sulfide) groups is 2. The van der Waals surface area contributed by atoms with Crippen LogP contribution in [0, 0.1) is 0 Å². The van der Waals surface area contributed by atoms with E-state index in [2.05, 4.69) is 43.8 Å². The molecular formula is C14H14Cl2N6S2. The number of nitrogens with zero attached hydrogens (tertiary/aromatic N) is 6. The lowest BCUT2D eigenvalue weighted by Gasteiger charge is -2.06. The van der Waals surface area contributed by atoms with E-state index in [9.17, 15) is 0 Å². The van der Waals surface area contributed by atoms with Crippen LogP contribution in [0.25, 0.3) is 22.3 Å². The highest BCUT2D eigenvalue weighted by molar-refractivity contribution is 7.99. The summed E-state index contributed by atoms with van der Waals surface area (Å²) in [4.78, 5) is 26.3. The number of hydrogen-bond donors (Lipinski definition) is 0. The van der Waals surface area contributed by atoms with Crippen LogP contribution in [0.15, 0.2) is 10.3 Å². The molecule has 24 heavy (non-hydrogen) atoms. The van der Waals surface area contributed by atoms with Gasteiger partial charge in [0.15, 0.2) is 31.9 Å². The fourth-order valence-corrected chi connectivity index (χ4v) is 3.77. The highest BCUT2D eigenvalue weighted by Gasteiger charge is 2.15. The van der Waals surface area contributed by atoms with E-state index in [0.29, 0.717) is 32.6 Å². The molecule has 0 aromatic carbocycles. The molecule has 0 fully saturated rings. The van der Waals surface area contributed by atoms with Gasteiger partial charge in [-0.05, 0) is 12.8 Å². The lowest BCUT2D eigenvalue weighted by molar-refractivity contribution is 0.958. The highest BCUT2D eigenvalue weighted by atomic mass is 35.5. The Kier molecular flexibility index (Phi) is 5.91. The van der Waals surface area contributed by atoms with Gasteiger partial charge in [-0.1, -0.05) is 60.6 Å². The van der Waals surface area contributed by atoms with Gasteiger partial charge >= 0.3 is 0 Å². The van der Waals surface area contributed by atoms with Crippen molar-refractivity contribution in [2.24, 2.45) is 0 Å². The van der Waals surface area contributed by atoms with Crippen LogP contribution < -0.4 is 0 Å². The summed E-state index contributed by atoms with van der Waals surface area (Å²) in [5.74, 6) is 1.81. The van der Waals surface area contributed by atoms with Gasteiger partial charge in [0.2, 0.25) is 0 Å². The van der Waals surface area contributed by atoms with Crippen LogP contribution in [-0.4, -0.2) is 41.4 Å². The topological polar surface area (TPSA) is 77.3 Å². The van der Waals surface area contributed by atoms with Gasteiger partial charge in [-0.25, -0.2) is 29.9 Å². The Balaban J connectivity index is 2.12. The molecule has 0 bridgehead atoms. The second kappa shape index (κ2) is 7.95. The maximum Gasteiger partial charge on any atom is 0.191 e. The molecule has 0 aliphatic rings. The van der Waals surface area contributed by atoms with Crippen LogP contribution in [0.3, 0.4) is 0 Å². The molecule has 0 spiro atoms. The molecule has 0 aliphatic heterocycles. The number of halogens is 2. The number of aromatic nitrogens is 6. The maximum atomic E-state index is 6.26. The van der Waals surface area contributed by atoms with Crippen molar-refractivity contribution in [2.45, 2.75) is 37.0 Å². The highest BCUT2D eigenvalue weighted by Crippen LogP contribution is 2.27. The number of rotatable bonds is 6. The Hall–Kier alpha value is -0.960. The van der Waals surface area contributed by atoms with Gasteiger partial charge in [0, 0.05) is 11.5 Å². The first kappa shape index (κ1) is 17.8. The first-order valence-electron chi connectivity index (χ1n) is 7.46. The maximum absolute atomic E-state index is 6.26. The van der Waals surface area contributed by atoms with Gasteiger partial charge in [0.1, 0.15) is 11.0 Å². The average Bonchev–Trinajstić information content (AvgIpc) is 2.57. The normalized spacial score (nSPS) is 11.5. The van der Waals surface area contributed by atoms with Crippen molar-refractivity contribution < 1.29 is 0 Å². The molecule has 0 aliphatic carbocycles. The molecule has 3 aromatic heterocycles. The molecule has 3 heterocycles. The second-order valence-electron chi connectivity index (χ2n) is 4.86. The summed E-state index contributed by atoms with van der Waals surface area (Å²) in [6, 6.07) is 0. The fraction of sp³-hybridized carbons (Fsp3) is 0.429. The summed E-state index contributed by atoms with van der Waals surface area (Å²) in [5, 5.41) is 1.70. The molecule has 0 atom stereocenters. The average molecular weight is 401 g/mol. The summed E-state index contributed by atoms with van der Waals surface area (Å²) in [5.41, 5.74) is 1.65. The van der Waals surface area contributed by atoms with E-state index in [0.717, 1.165) is 24.3 Å². The summed E-state index contributed by atoms with van der Waals surface area (Å²) < 4.78 is 0. The third-order valence-corrected chi connectivity index (χ3v) is 5.54. The van der Waals surface area contributed by atoms with E-state index in [4.69, 9.17) is 23.2 Å². The smallest absolute Gasteiger partial charge is 0.191 e. The predicted octanol–water partition coefficient (Wildman–Crippen LogP) is 4.67. The predicted molar refractivity (Wildman–Crippen MR) is 100 cm³/mol. The molecule has 0 amide bonds. The standard InChI is InChI=1S/C14H14Cl2N6S2/c1-3-5-23-13-19-9(15)7-11(21-13)17-8-10(16)20-14(24-6-4-2)22-12(8)18-7/h3-6H2,1-2H3. The molecule has 3 aromatic rings. The Morgan fingerprint density at radius 2 is 1.08 bits per heavy atom. The van der Waals surface area contributed by atoms with E-state index in [1.807, 2.05) is 0 Å². The van der Waals surface area contributed by atoms with Gasteiger partial charge in [0.25, 0.3) is 0 Å². The van der Waals surface area contributed by atoms with E-state index >= 15 is 0 Å². The molecule has 0 saturated carbocycles. The molecular weight excluding hydrogens is 387 g/mol. The monoisotopic (exact) mass is 400 g/mol. The minimum Gasteiger partial charge on any atom is -0.220 e. The van der Waals surface area contributed by atoms with Gasteiger partial charge in [0.05, 0.1) is 0 Å². The number of fused-ring (bicyclic) bond motifs is 2. The van der Waals surface area contributed by atoms with Crippen LogP contribution in [0.2, 0.25) is 10.3 Å². The van der Waals surface area contributed by atoms with Crippen LogP contribution >= 0.6 is 46.7 Å². The summed E-state index contributed by atoms with van der Waals surface area (Å²) in [6.07, 6.45) is 2.04. The minimum atomic E-state index is 0.269. The summed E-state index contributed by atoms with van der Waals surface area (Å²) >= 11 is 15.6. The first-order valence-corrected chi connectivity index (χ1v) is 10.2. The Bertz CT molecular complexity index is 819. The van der Waals surface area contributed by atoms with E-state index in [1.165, 1.54) is 23.5 Å². The lowest BCUT2D eigenvalue weighted by Crippen LogP contribution is -2.00. The van der Waals surface area contributed by atoms with Crippen LogP contribution in [0.4, 0.5) is 0 Å². The van der Waals surface area contributed by atoms with Crippen molar-refractivity contribution in [1.82, 2.24) is 29.9 Å². The van der Waals surface area contributed by atoms with Crippen molar-refractivity contribution in [3.63, 3.8) is 0 Å². The van der Waals surface area contributed by atoms with Crippen molar-refractivity contribution in [3.05, 3.63) is 10.3 Å². The Morgan fingerprint density at radius 1 is 0.667 bits per heavy atom. The molecule has 126 valence electrons. The van der Waals surface area contributed by atoms with Crippen molar-refractivity contribution in [2.75, 3.05) is 11.5 Å². The lowest BCUT2D eigenvalue weighted by atomic mass is 10.4. The zero-order valence-electron chi connectivity index (χ0n) is 13.1. The third kappa shape index (κ3) is 3.82. The summed E-state index contributed by atoms with van der Waals surface area (Å²) in [7, 11) is 0. The zero-order valence-corrected chi connectivity index (χ0v) is 16.2. The van der Waals surface area contributed by atoms with E-state index in [-0.39, 0.29) is 10.3 Å². The number of hydrogen-bond acceptors (Lipinski definition) is 8.